The Hall–Kier alpha value is -1.84. The number of benzene rings is 1. The van der Waals surface area contributed by atoms with Gasteiger partial charge in [0.05, 0.1) is 11.3 Å². The number of rotatable bonds is 2. The number of anilines is 1. The Bertz CT molecular complexity index is 427. The quantitative estimate of drug-likeness (QED) is 0.801. The lowest BCUT2D eigenvalue weighted by Crippen LogP contribution is -2.17. The van der Waals surface area contributed by atoms with E-state index in [1.54, 1.807) is 18.2 Å². The molecule has 0 aromatic heterocycles. The van der Waals surface area contributed by atoms with E-state index in [1.165, 1.54) is 0 Å². The van der Waals surface area contributed by atoms with Crippen molar-refractivity contribution < 1.29 is 9.90 Å². The van der Waals surface area contributed by atoms with Crippen LogP contribution in [0.25, 0.3) is 0 Å². The second-order valence-electron chi connectivity index (χ2n) is 3.76. The lowest BCUT2D eigenvalue weighted by molar-refractivity contribution is 0.0698. The van der Waals surface area contributed by atoms with Crippen molar-refractivity contribution in [3.8, 4) is 0 Å². The highest BCUT2D eigenvalue weighted by Crippen LogP contribution is 2.17. The fourth-order valence-electron chi connectivity index (χ4n) is 1.73. The number of amidine groups is 1. The summed E-state index contributed by atoms with van der Waals surface area (Å²) in [5.74, 6) is -0.0283. The molecular weight excluding hydrogens is 204 g/mol. The van der Waals surface area contributed by atoms with Crippen LogP contribution in [0.3, 0.4) is 0 Å². The Balaban J connectivity index is 2.20. The van der Waals surface area contributed by atoms with Crippen LogP contribution in [-0.4, -0.2) is 23.5 Å². The molecule has 0 unspecified atom stereocenters. The van der Waals surface area contributed by atoms with Crippen molar-refractivity contribution in [3.05, 3.63) is 29.8 Å². The zero-order valence-corrected chi connectivity index (χ0v) is 8.94. The van der Waals surface area contributed by atoms with Gasteiger partial charge in [-0.3, -0.25) is 4.99 Å². The van der Waals surface area contributed by atoms with Gasteiger partial charge in [-0.15, -0.1) is 0 Å². The van der Waals surface area contributed by atoms with E-state index in [-0.39, 0.29) is 5.56 Å². The molecule has 1 heterocycles. The van der Waals surface area contributed by atoms with Crippen LogP contribution in [0, 0.1) is 0 Å². The highest BCUT2D eigenvalue weighted by atomic mass is 16.4. The molecule has 1 aliphatic rings. The van der Waals surface area contributed by atoms with E-state index < -0.39 is 5.97 Å². The van der Waals surface area contributed by atoms with Crippen molar-refractivity contribution in [1.29, 1.82) is 0 Å². The maximum atomic E-state index is 11.0. The van der Waals surface area contributed by atoms with Gasteiger partial charge in [0.15, 0.2) is 0 Å². The van der Waals surface area contributed by atoms with E-state index in [2.05, 4.69) is 10.3 Å². The second-order valence-corrected chi connectivity index (χ2v) is 3.76. The van der Waals surface area contributed by atoms with Gasteiger partial charge in [0.25, 0.3) is 0 Å². The molecule has 0 saturated carbocycles. The summed E-state index contributed by atoms with van der Waals surface area (Å²) < 4.78 is 0. The van der Waals surface area contributed by atoms with E-state index >= 15 is 0 Å². The molecule has 2 rings (SSSR count). The molecule has 0 radical (unpaired) electrons. The molecule has 1 aromatic rings. The van der Waals surface area contributed by atoms with Gasteiger partial charge < -0.3 is 10.4 Å². The zero-order valence-electron chi connectivity index (χ0n) is 8.94. The Morgan fingerprint density at radius 1 is 1.31 bits per heavy atom. The van der Waals surface area contributed by atoms with Gasteiger partial charge in [0, 0.05) is 13.0 Å². The Morgan fingerprint density at radius 3 is 2.81 bits per heavy atom. The van der Waals surface area contributed by atoms with Gasteiger partial charge in [0.2, 0.25) is 0 Å². The van der Waals surface area contributed by atoms with Crippen LogP contribution in [0.15, 0.2) is 29.3 Å². The van der Waals surface area contributed by atoms with Crippen molar-refractivity contribution in [2.75, 3.05) is 11.9 Å². The Morgan fingerprint density at radius 2 is 2.12 bits per heavy atom. The number of aliphatic imine (C=N–C) groups is 1. The molecular formula is C12H14N2O2. The first-order valence-electron chi connectivity index (χ1n) is 5.40. The highest BCUT2D eigenvalue weighted by Gasteiger charge is 2.11. The van der Waals surface area contributed by atoms with E-state index in [0.717, 1.165) is 31.6 Å². The number of carboxylic acid groups (broad SMARTS) is 1. The third kappa shape index (κ3) is 2.39. The average molecular weight is 218 g/mol. The SMILES string of the molecule is O=C(O)c1ccccc1NC1=NCCCC1. The first-order chi connectivity index (χ1) is 7.77. The number of hydrogen-bond donors (Lipinski definition) is 2. The molecule has 0 bridgehead atoms. The fourth-order valence-corrected chi connectivity index (χ4v) is 1.73. The minimum Gasteiger partial charge on any atom is -0.478 e. The molecule has 4 heteroatoms. The monoisotopic (exact) mass is 218 g/mol. The van der Waals surface area contributed by atoms with Gasteiger partial charge in [-0.2, -0.15) is 0 Å². The lowest BCUT2D eigenvalue weighted by Gasteiger charge is -2.15. The van der Waals surface area contributed by atoms with Gasteiger partial charge in [0.1, 0.15) is 5.84 Å². The number of carbonyl (C=O) groups is 1. The number of hydrogen-bond acceptors (Lipinski definition) is 3. The molecule has 16 heavy (non-hydrogen) atoms. The number of nitrogens with zero attached hydrogens (tertiary/aromatic N) is 1. The van der Waals surface area contributed by atoms with Gasteiger partial charge in [-0.1, -0.05) is 12.1 Å². The minimum absolute atomic E-state index is 0.288. The minimum atomic E-state index is -0.917. The number of nitrogens with one attached hydrogen (secondary N) is 1. The standard InChI is InChI=1S/C12H14N2O2/c15-12(16)9-5-1-2-6-10(9)14-11-7-3-4-8-13-11/h1-2,5-6H,3-4,7-8H2,(H,13,14)(H,15,16). The van der Waals surface area contributed by atoms with E-state index in [9.17, 15) is 4.79 Å². The van der Waals surface area contributed by atoms with Gasteiger partial charge in [-0.05, 0) is 25.0 Å². The number of aromatic carboxylic acids is 1. The third-order valence-corrected chi connectivity index (χ3v) is 2.56. The third-order valence-electron chi connectivity index (χ3n) is 2.56. The summed E-state index contributed by atoms with van der Waals surface area (Å²) >= 11 is 0. The van der Waals surface area contributed by atoms with Crippen molar-refractivity contribution in [1.82, 2.24) is 0 Å². The topological polar surface area (TPSA) is 61.7 Å². The number of para-hydroxylation sites is 1. The van der Waals surface area contributed by atoms with E-state index in [4.69, 9.17) is 5.11 Å². The second kappa shape index (κ2) is 4.79. The summed E-state index contributed by atoms with van der Waals surface area (Å²) in [7, 11) is 0. The predicted molar refractivity (Wildman–Crippen MR) is 63.2 cm³/mol. The van der Waals surface area contributed by atoms with Crippen molar-refractivity contribution in [3.63, 3.8) is 0 Å². The Kier molecular flexibility index (Phi) is 3.19. The first kappa shape index (κ1) is 10.7. The molecule has 0 fully saturated rings. The summed E-state index contributed by atoms with van der Waals surface area (Å²) in [5, 5.41) is 12.1. The first-order valence-corrected chi connectivity index (χ1v) is 5.40. The van der Waals surface area contributed by atoms with Crippen LogP contribution in [0.5, 0.6) is 0 Å². The molecule has 0 amide bonds. The summed E-state index contributed by atoms with van der Waals surface area (Å²) in [6.07, 6.45) is 3.13. The average Bonchev–Trinajstić information content (AvgIpc) is 2.31. The van der Waals surface area contributed by atoms with Gasteiger partial charge in [-0.25, -0.2) is 4.79 Å². The Labute approximate surface area is 94.0 Å². The largest absolute Gasteiger partial charge is 0.478 e. The van der Waals surface area contributed by atoms with E-state index in [0.29, 0.717) is 5.69 Å². The molecule has 84 valence electrons. The molecule has 0 aliphatic carbocycles. The molecule has 2 N–H and O–H groups in total. The van der Waals surface area contributed by atoms with Crippen LogP contribution < -0.4 is 5.32 Å². The van der Waals surface area contributed by atoms with Crippen molar-refractivity contribution in [2.45, 2.75) is 19.3 Å². The summed E-state index contributed by atoms with van der Waals surface area (Å²) in [6.45, 7) is 0.831. The van der Waals surface area contributed by atoms with Crippen LogP contribution in [-0.2, 0) is 0 Å². The predicted octanol–water partition coefficient (Wildman–Crippen LogP) is 2.38. The van der Waals surface area contributed by atoms with Gasteiger partial charge >= 0.3 is 5.97 Å². The molecule has 0 saturated heterocycles. The normalized spacial score (nSPS) is 15.4. The van der Waals surface area contributed by atoms with Crippen LogP contribution in [0.2, 0.25) is 0 Å². The molecule has 1 aromatic carbocycles. The summed E-state index contributed by atoms with van der Waals surface area (Å²) in [6, 6.07) is 6.89. The zero-order chi connectivity index (χ0) is 11.4. The lowest BCUT2D eigenvalue weighted by atomic mass is 10.1. The smallest absolute Gasteiger partial charge is 0.337 e. The van der Waals surface area contributed by atoms with Crippen LogP contribution >= 0.6 is 0 Å². The number of carboxylic acids is 1. The van der Waals surface area contributed by atoms with Crippen molar-refractivity contribution >= 4 is 17.5 Å². The van der Waals surface area contributed by atoms with Crippen LogP contribution in [0.1, 0.15) is 29.6 Å². The molecule has 4 nitrogen and oxygen atoms in total. The maximum absolute atomic E-state index is 11.0. The van der Waals surface area contributed by atoms with Crippen LogP contribution in [0.4, 0.5) is 5.69 Å². The molecule has 0 spiro atoms. The highest BCUT2D eigenvalue weighted by molar-refractivity contribution is 6.02. The van der Waals surface area contributed by atoms with Crippen molar-refractivity contribution in [2.24, 2.45) is 4.99 Å². The molecule has 1 aliphatic heterocycles. The summed E-state index contributed by atoms with van der Waals surface area (Å²) in [5.41, 5.74) is 0.909. The maximum Gasteiger partial charge on any atom is 0.337 e. The molecule has 0 atom stereocenters. The fraction of sp³-hybridized carbons (Fsp3) is 0.333. The van der Waals surface area contributed by atoms with E-state index in [1.807, 2.05) is 6.07 Å². The summed E-state index contributed by atoms with van der Waals surface area (Å²) in [4.78, 5) is 15.3.